The van der Waals surface area contributed by atoms with Gasteiger partial charge in [0.2, 0.25) is 0 Å². The van der Waals surface area contributed by atoms with Crippen molar-refractivity contribution in [3.8, 4) is 0 Å². The van der Waals surface area contributed by atoms with E-state index in [-0.39, 0.29) is 0 Å². The SMILES string of the molecule is C=C/C(=C\C)N(c1ccccc1)c1ccc(C=C)cc1. The first-order valence-electron chi connectivity index (χ1n) is 6.66. The molecule has 2 rings (SSSR count). The van der Waals surface area contributed by atoms with E-state index in [1.165, 1.54) is 0 Å². The van der Waals surface area contributed by atoms with Crippen LogP contribution in [0.25, 0.3) is 6.08 Å². The molecule has 0 bridgehead atoms. The quantitative estimate of drug-likeness (QED) is 0.637. The maximum Gasteiger partial charge on any atom is 0.0461 e. The number of benzene rings is 2. The Labute approximate surface area is 121 Å². The Morgan fingerprint density at radius 1 is 0.900 bits per heavy atom. The number of anilines is 2. The zero-order valence-corrected chi connectivity index (χ0v) is 11.8. The molecule has 0 atom stereocenters. The van der Waals surface area contributed by atoms with Crippen LogP contribution >= 0.6 is 0 Å². The molecule has 0 spiro atoms. The molecule has 1 nitrogen and oxygen atoms in total. The van der Waals surface area contributed by atoms with Gasteiger partial charge in [0.15, 0.2) is 0 Å². The Morgan fingerprint density at radius 2 is 1.50 bits per heavy atom. The van der Waals surface area contributed by atoms with Gasteiger partial charge in [0.05, 0.1) is 0 Å². The number of hydrogen-bond acceptors (Lipinski definition) is 1. The van der Waals surface area contributed by atoms with Gasteiger partial charge in [-0.3, -0.25) is 0 Å². The van der Waals surface area contributed by atoms with Crippen LogP contribution in [0.2, 0.25) is 0 Å². The standard InChI is InChI=1S/C19H19N/c1-4-16-12-14-19(15-13-16)20(17(5-2)6-3)18-10-8-7-9-11-18/h4-15H,1-2H2,3H3/b17-6+. The number of hydrogen-bond donors (Lipinski definition) is 0. The molecule has 2 aromatic carbocycles. The van der Waals surface area contributed by atoms with E-state index in [0.29, 0.717) is 0 Å². The fourth-order valence-electron chi connectivity index (χ4n) is 2.12. The molecule has 0 fully saturated rings. The lowest BCUT2D eigenvalue weighted by atomic mass is 10.1. The van der Waals surface area contributed by atoms with Crippen molar-refractivity contribution < 1.29 is 0 Å². The van der Waals surface area contributed by atoms with Crippen molar-refractivity contribution in [1.29, 1.82) is 0 Å². The van der Waals surface area contributed by atoms with Crippen molar-refractivity contribution in [1.82, 2.24) is 0 Å². The van der Waals surface area contributed by atoms with Gasteiger partial charge in [0.1, 0.15) is 0 Å². The van der Waals surface area contributed by atoms with Crippen LogP contribution in [0.4, 0.5) is 11.4 Å². The van der Waals surface area contributed by atoms with Crippen LogP contribution < -0.4 is 4.90 Å². The van der Waals surface area contributed by atoms with Crippen LogP contribution in [0.3, 0.4) is 0 Å². The first kappa shape index (κ1) is 13.9. The lowest BCUT2D eigenvalue weighted by Crippen LogP contribution is -2.14. The first-order chi connectivity index (χ1) is 9.80. The zero-order chi connectivity index (χ0) is 14.4. The zero-order valence-electron chi connectivity index (χ0n) is 11.8. The van der Waals surface area contributed by atoms with Gasteiger partial charge in [-0.15, -0.1) is 0 Å². The van der Waals surface area contributed by atoms with Crippen molar-refractivity contribution >= 4 is 17.5 Å². The summed E-state index contributed by atoms with van der Waals surface area (Å²) in [5.74, 6) is 0. The minimum atomic E-state index is 1.06. The van der Waals surface area contributed by atoms with E-state index in [4.69, 9.17) is 0 Å². The molecule has 20 heavy (non-hydrogen) atoms. The summed E-state index contributed by atoms with van der Waals surface area (Å²) in [6.07, 6.45) is 5.77. The molecule has 0 aliphatic heterocycles. The number of allylic oxidation sites excluding steroid dienone is 2. The van der Waals surface area contributed by atoms with Gasteiger partial charge in [-0.25, -0.2) is 0 Å². The van der Waals surface area contributed by atoms with Crippen LogP contribution in [-0.4, -0.2) is 0 Å². The van der Waals surface area contributed by atoms with E-state index in [9.17, 15) is 0 Å². The summed E-state index contributed by atoms with van der Waals surface area (Å²) in [5.41, 5.74) is 4.39. The minimum absolute atomic E-state index is 1.06. The molecule has 0 unspecified atom stereocenters. The van der Waals surface area contributed by atoms with E-state index >= 15 is 0 Å². The van der Waals surface area contributed by atoms with Crippen LogP contribution in [0.5, 0.6) is 0 Å². The monoisotopic (exact) mass is 261 g/mol. The largest absolute Gasteiger partial charge is 0.311 e. The van der Waals surface area contributed by atoms with Crippen LogP contribution in [0, 0.1) is 0 Å². The molecule has 0 radical (unpaired) electrons. The third-order valence-corrected chi connectivity index (χ3v) is 3.16. The Bertz CT molecular complexity index is 606. The number of para-hydroxylation sites is 1. The molecule has 0 N–H and O–H groups in total. The molecular weight excluding hydrogens is 242 g/mol. The van der Waals surface area contributed by atoms with Crippen molar-refractivity contribution in [3.63, 3.8) is 0 Å². The van der Waals surface area contributed by atoms with Gasteiger partial charge in [0, 0.05) is 17.1 Å². The second-order valence-electron chi connectivity index (χ2n) is 4.38. The van der Waals surface area contributed by atoms with E-state index in [0.717, 1.165) is 22.6 Å². The van der Waals surface area contributed by atoms with E-state index in [2.05, 4.69) is 60.5 Å². The fourth-order valence-corrected chi connectivity index (χ4v) is 2.12. The molecular formula is C19H19N. The van der Waals surface area contributed by atoms with E-state index in [1.54, 1.807) is 0 Å². The van der Waals surface area contributed by atoms with Gasteiger partial charge >= 0.3 is 0 Å². The predicted molar refractivity (Wildman–Crippen MR) is 89.1 cm³/mol. The van der Waals surface area contributed by atoms with E-state index < -0.39 is 0 Å². The Kier molecular flexibility index (Phi) is 4.56. The summed E-state index contributed by atoms with van der Waals surface area (Å²) in [6.45, 7) is 9.72. The van der Waals surface area contributed by atoms with E-state index in [1.807, 2.05) is 37.3 Å². The number of nitrogens with zero attached hydrogens (tertiary/aromatic N) is 1. The third-order valence-electron chi connectivity index (χ3n) is 3.16. The molecule has 0 aromatic heterocycles. The maximum absolute atomic E-state index is 3.91. The van der Waals surface area contributed by atoms with Crippen molar-refractivity contribution in [3.05, 3.63) is 91.2 Å². The second kappa shape index (κ2) is 6.58. The van der Waals surface area contributed by atoms with Gasteiger partial charge in [-0.1, -0.05) is 55.6 Å². The maximum atomic E-state index is 3.91. The van der Waals surface area contributed by atoms with Crippen LogP contribution in [-0.2, 0) is 0 Å². The van der Waals surface area contributed by atoms with Gasteiger partial charge < -0.3 is 4.90 Å². The highest BCUT2D eigenvalue weighted by Gasteiger charge is 2.11. The Hall–Kier alpha value is -2.54. The fraction of sp³-hybridized carbons (Fsp3) is 0.0526. The summed E-state index contributed by atoms with van der Waals surface area (Å²) in [7, 11) is 0. The topological polar surface area (TPSA) is 3.24 Å². The molecule has 0 saturated heterocycles. The number of rotatable bonds is 5. The Balaban J connectivity index is 2.51. The molecule has 0 aliphatic carbocycles. The summed E-state index contributed by atoms with van der Waals surface area (Å²) in [6, 6.07) is 18.6. The predicted octanol–water partition coefficient (Wildman–Crippen LogP) is 5.56. The van der Waals surface area contributed by atoms with Crippen molar-refractivity contribution in [2.75, 3.05) is 4.90 Å². The summed E-state index contributed by atoms with van der Waals surface area (Å²) >= 11 is 0. The van der Waals surface area contributed by atoms with Gasteiger partial charge in [-0.2, -0.15) is 0 Å². The third kappa shape index (κ3) is 2.89. The normalized spacial score (nSPS) is 10.9. The average molecular weight is 261 g/mol. The smallest absolute Gasteiger partial charge is 0.0461 e. The van der Waals surface area contributed by atoms with Crippen molar-refractivity contribution in [2.45, 2.75) is 6.92 Å². The highest BCUT2D eigenvalue weighted by atomic mass is 15.1. The molecule has 0 heterocycles. The highest BCUT2D eigenvalue weighted by molar-refractivity contribution is 5.70. The minimum Gasteiger partial charge on any atom is -0.311 e. The van der Waals surface area contributed by atoms with Crippen molar-refractivity contribution in [2.24, 2.45) is 0 Å². The summed E-state index contributed by atoms with van der Waals surface area (Å²) in [4.78, 5) is 2.18. The van der Waals surface area contributed by atoms with Crippen LogP contribution in [0.1, 0.15) is 12.5 Å². The molecule has 1 heteroatoms. The lowest BCUT2D eigenvalue weighted by Gasteiger charge is -2.26. The molecule has 2 aromatic rings. The summed E-state index contributed by atoms with van der Waals surface area (Å²) in [5, 5.41) is 0. The molecule has 0 aliphatic rings. The summed E-state index contributed by atoms with van der Waals surface area (Å²) < 4.78 is 0. The second-order valence-corrected chi connectivity index (χ2v) is 4.38. The first-order valence-corrected chi connectivity index (χ1v) is 6.66. The molecule has 100 valence electrons. The van der Waals surface area contributed by atoms with Gasteiger partial charge in [0.25, 0.3) is 0 Å². The molecule has 0 saturated carbocycles. The molecule has 0 amide bonds. The highest BCUT2D eigenvalue weighted by Crippen LogP contribution is 2.30. The average Bonchev–Trinajstić information content (AvgIpc) is 2.53. The van der Waals surface area contributed by atoms with Crippen LogP contribution in [0.15, 0.2) is 85.6 Å². The lowest BCUT2D eigenvalue weighted by molar-refractivity contribution is 1.20. The Morgan fingerprint density at radius 3 is 2.00 bits per heavy atom. The van der Waals surface area contributed by atoms with Gasteiger partial charge in [-0.05, 0) is 42.8 Å².